The fraction of sp³-hybridized carbons (Fsp3) is 0.310. The minimum atomic E-state index is -2.63. The van der Waals surface area contributed by atoms with E-state index in [0.717, 1.165) is 11.1 Å². The van der Waals surface area contributed by atoms with E-state index in [2.05, 4.69) is 11.6 Å². The number of benzene rings is 2. The third kappa shape index (κ3) is 5.47. The maximum atomic E-state index is 14.3. The second-order valence-corrected chi connectivity index (χ2v) is 10.4. The van der Waals surface area contributed by atoms with Crippen molar-refractivity contribution in [3.8, 4) is 0 Å². The number of nitrogens with zero attached hydrogens (tertiary/aromatic N) is 2. The number of allylic oxidation sites excluding steroid dienone is 1. The number of halogens is 4. The molecule has 1 amide bonds. The summed E-state index contributed by atoms with van der Waals surface area (Å²) < 4.78 is 28.1. The van der Waals surface area contributed by atoms with Gasteiger partial charge in [0.15, 0.2) is 0 Å². The molecule has 0 saturated carbocycles. The Bertz CT molecular complexity index is 1210. The largest absolute Gasteiger partial charge is 0.326 e. The minimum absolute atomic E-state index is 0.197. The summed E-state index contributed by atoms with van der Waals surface area (Å²) in [7, 11) is 0. The molecule has 1 fully saturated rings. The molecule has 36 heavy (non-hydrogen) atoms. The molecule has 2 aromatic carbocycles. The van der Waals surface area contributed by atoms with Crippen LogP contribution in [0.15, 0.2) is 85.6 Å². The maximum absolute atomic E-state index is 14.3. The van der Waals surface area contributed by atoms with Gasteiger partial charge >= 0.3 is 0 Å². The van der Waals surface area contributed by atoms with Gasteiger partial charge in [-0.15, -0.1) is 6.58 Å². The van der Waals surface area contributed by atoms with Gasteiger partial charge in [0.2, 0.25) is 12.3 Å². The number of carbonyl (C=O) groups excluding carboxylic acids is 1. The zero-order valence-corrected chi connectivity index (χ0v) is 21.5. The molecule has 0 aliphatic carbocycles. The van der Waals surface area contributed by atoms with E-state index in [1.165, 1.54) is 0 Å². The van der Waals surface area contributed by atoms with E-state index in [4.69, 9.17) is 23.2 Å². The molecule has 7 heteroatoms. The normalized spacial score (nSPS) is 23.1. The first-order valence-electron chi connectivity index (χ1n) is 11.9. The lowest BCUT2D eigenvalue weighted by Gasteiger charge is -2.52. The van der Waals surface area contributed by atoms with E-state index in [1.807, 2.05) is 37.3 Å². The molecule has 1 aliphatic rings. The molecule has 0 spiro atoms. The summed E-state index contributed by atoms with van der Waals surface area (Å²) >= 11 is 12.6. The summed E-state index contributed by atoms with van der Waals surface area (Å²) in [6.07, 6.45) is 1.04. The van der Waals surface area contributed by atoms with Crippen molar-refractivity contribution in [2.75, 3.05) is 0 Å². The van der Waals surface area contributed by atoms with Crippen LogP contribution < -0.4 is 0 Å². The first-order chi connectivity index (χ1) is 17.2. The van der Waals surface area contributed by atoms with Crippen molar-refractivity contribution < 1.29 is 13.6 Å². The van der Waals surface area contributed by atoms with E-state index in [1.54, 1.807) is 53.6 Å². The molecule has 3 aromatic rings. The van der Waals surface area contributed by atoms with Crippen molar-refractivity contribution in [2.45, 2.75) is 50.6 Å². The molecule has 188 valence electrons. The molecule has 3 nitrogen and oxygen atoms in total. The van der Waals surface area contributed by atoms with Gasteiger partial charge in [-0.2, -0.15) is 0 Å². The van der Waals surface area contributed by atoms with Crippen molar-refractivity contribution in [1.29, 1.82) is 0 Å². The summed E-state index contributed by atoms with van der Waals surface area (Å²) in [5.41, 5.74) is 1.34. The van der Waals surface area contributed by atoms with Crippen molar-refractivity contribution >= 4 is 29.1 Å². The molecule has 2 heterocycles. The third-order valence-electron chi connectivity index (χ3n) is 6.95. The van der Waals surface area contributed by atoms with Gasteiger partial charge in [0.1, 0.15) is 0 Å². The number of piperidine rings is 1. The number of amides is 1. The number of aromatic nitrogens is 1. The molecule has 0 radical (unpaired) electrons. The van der Waals surface area contributed by atoms with Crippen LogP contribution in [0.3, 0.4) is 0 Å². The number of likely N-dealkylation sites (tertiary alicyclic amines) is 1. The highest BCUT2D eigenvalue weighted by molar-refractivity contribution is 6.30. The molecule has 0 bridgehead atoms. The summed E-state index contributed by atoms with van der Waals surface area (Å²) in [6, 6.07) is 18.5. The van der Waals surface area contributed by atoms with Crippen LogP contribution in [-0.4, -0.2) is 22.2 Å². The Labute approximate surface area is 220 Å². The quantitative estimate of drug-likeness (QED) is 0.275. The van der Waals surface area contributed by atoms with Crippen LogP contribution >= 0.6 is 23.2 Å². The summed E-state index contributed by atoms with van der Waals surface area (Å²) in [6.45, 7) is 5.76. The van der Waals surface area contributed by atoms with Gasteiger partial charge in [0.05, 0.1) is 23.2 Å². The van der Waals surface area contributed by atoms with Crippen molar-refractivity contribution in [3.05, 3.63) is 112 Å². The number of alkyl halides is 2. The highest BCUT2D eigenvalue weighted by Gasteiger charge is 2.51. The van der Waals surface area contributed by atoms with Crippen LogP contribution in [0.25, 0.3) is 0 Å². The highest BCUT2D eigenvalue weighted by atomic mass is 35.5. The van der Waals surface area contributed by atoms with Crippen molar-refractivity contribution in [3.63, 3.8) is 0 Å². The van der Waals surface area contributed by atoms with Crippen LogP contribution in [-0.2, 0) is 4.79 Å². The smallest absolute Gasteiger partial charge is 0.241 e. The number of rotatable bonds is 8. The number of pyridine rings is 1. The van der Waals surface area contributed by atoms with Gasteiger partial charge < -0.3 is 4.90 Å². The standard InChI is InChI=1S/C29H28Cl2F2N2O/c1-3-14-29(2)18-23(20-7-6-8-22(31)16-20)27(19-10-12-21(30)13-11-19)35(28(29)36)25(17-26(32)33)24-9-4-5-15-34-24/h3-13,15-16,23,25-27H,1,14,17-18H2,2H3/t23-,25+,27-,29?/m1/s1. The molecule has 1 aliphatic heterocycles. The van der Waals surface area contributed by atoms with Gasteiger partial charge in [-0.3, -0.25) is 9.78 Å². The van der Waals surface area contributed by atoms with Crippen LogP contribution in [0.5, 0.6) is 0 Å². The second kappa shape index (κ2) is 11.1. The lowest BCUT2D eigenvalue weighted by molar-refractivity contribution is -0.156. The maximum Gasteiger partial charge on any atom is 0.241 e. The third-order valence-corrected chi connectivity index (χ3v) is 7.44. The predicted octanol–water partition coefficient (Wildman–Crippen LogP) is 8.42. The molecule has 0 N–H and O–H groups in total. The monoisotopic (exact) mass is 528 g/mol. The van der Waals surface area contributed by atoms with Crippen LogP contribution in [0.1, 0.15) is 61.0 Å². The highest BCUT2D eigenvalue weighted by Crippen LogP contribution is 2.54. The summed E-state index contributed by atoms with van der Waals surface area (Å²) in [4.78, 5) is 20.3. The zero-order valence-electron chi connectivity index (χ0n) is 20.0. The Morgan fingerprint density at radius 2 is 1.83 bits per heavy atom. The molecule has 4 rings (SSSR count). The molecule has 1 saturated heterocycles. The lowest BCUT2D eigenvalue weighted by atomic mass is 9.67. The topological polar surface area (TPSA) is 33.2 Å². The first-order valence-corrected chi connectivity index (χ1v) is 12.6. The Hall–Kier alpha value is -2.76. The minimum Gasteiger partial charge on any atom is -0.326 e. The van der Waals surface area contributed by atoms with Crippen molar-refractivity contribution in [1.82, 2.24) is 9.88 Å². The fourth-order valence-electron chi connectivity index (χ4n) is 5.35. The van der Waals surface area contributed by atoms with Gasteiger partial charge in [0, 0.05) is 28.6 Å². The SMILES string of the molecule is C=CCC1(C)C[C@H](c2cccc(Cl)c2)[C@@H](c2ccc(Cl)cc2)N([C@@H](CC(F)F)c2ccccn2)C1=O. The molecule has 4 atom stereocenters. The zero-order chi connectivity index (χ0) is 25.9. The Morgan fingerprint density at radius 1 is 1.08 bits per heavy atom. The molecular weight excluding hydrogens is 501 g/mol. The predicted molar refractivity (Wildman–Crippen MR) is 140 cm³/mol. The summed E-state index contributed by atoms with van der Waals surface area (Å²) in [5.74, 6) is -0.409. The summed E-state index contributed by atoms with van der Waals surface area (Å²) in [5, 5.41) is 1.13. The van der Waals surface area contributed by atoms with E-state index >= 15 is 0 Å². The number of hydrogen-bond acceptors (Lipinski definition) is 2. The fourth-order valence-corrected chi connectivity index (χ4v) is 5.67. The van der Waals surface area contributed by atoms with E-state index in [0.29, 0.717) is 28.6 Å². The van der Waals surface area contributed by atoms with Gasteiger partial charge in [-0.1, -0.05) is 66.5 Å². The number of hydrogen-bond donors (Lipinski definition) is 0. The van der Waals surface area contributed by atoms with Gasteiger partial charge in [-0.05, 0) is 60.4 Å². The molecular formula is C29H28Cl2F2N2O. The Kier molecular flexibility index (Phi) is 8.11. The average molecular weight is 529 g/mol. The second-order valence-electron chi connectivity index (χ2n) is 9.53. The van der Waals surface area contributed by atoms with Crippen LogP contribution in [0, 0.1) is 5.41 Å². The van der Waals surface area contributed by atoms with Gasteiger partial charge in [-0.25, -0.2) is 8.78 Å². The Morgan fingerprint density at radius 3 is 2.44 bits per heavy atom. The first kappa shape index (κ1) is 26.3. The van der Waals surface area contributed by atoms with Crippen LogP contribution in [0.2, 0.25) is 10.0 Å². The molecule has 1 unspecified atom stereocenters. The van der Waals surface area contributed by atoms with Crippen molar-refractivity contribution in [2.24, 2.45) is 5.41 Å². The van der Waals surface area contributed by atoms with E-state index < -0.39 is 30.3 Å². The molecule has 1 aromatic heterocycles. The average Bonchev–Trinajstić information content (AvgIpc) is 2.85. The Balaban J connectivity index is 1.97. The van der Waals surface area contributed by atoms with Crippen LogP contribution in [0.4, 0.5) is 8.78 Å². The lowest BCUT2D eigenvalue weighted by Crippen LogP contribution is -2.53. The number of carbonyl (C=O) groups is 1. The van der Waals surface area contributed by atoms with E-state index in [-0.39, 0.29) is 11.8 Å². The van der Waals surface area contributed by atoms with E-state index in [9.17, 15) is 13.6 Å². The van der Waals surface area contributed by atoms with Gasteiger partial charge in [0.25, 0.3) is 0 Å².